The Hall–Kier alpha value is -1.92. The van der Waals surface area contributed by atoms with Gasteiger partial charge in [-0.2, -0.15) is 0 Å². The number of aromatic nitrogens is 2. The number of ether oxygens (including phenoxy) is 2. The molecule has 3 rings (SSSR count). The summed E-state index contributed by atoms with van der Waals surface area (Å²) in [7, 11) is 1.62. The highest BCUT2D eigenvalue weighted by atomic mass is 16.5. The van der Waals surface area contributed by atoms with Gasteiger partial charge in [-0.25, -0.2) is 4.98 Å². The molecular weight excluding hydrogens is 282 g/mol. The van der Waals surface area contributed by atoms with Crippen LogP contribution in [0.25, 0.3) is 11.0 Å². The first kappa shape index (κ1) is 15.0. The van der Waals surface area contributed by atoms with Crippen LogP contribution < -0.4 is 5.32 Å². The molecule has 3 heterocycles. The molecule has 0 aliphatic carbocycles. The Morgan fingerprint density at radius 3 is 3.27 bits per heavy atom. The highest BCUT2D eigenvalue weighted by Gasteiger charge is 2.24. The van der Waals surface area contributed by atoms with Crippen molar-refractivity contribution in [1.29, 1.82) is 0 Å². The Morgan fingerprint density at radius 2 is 2.50 bits per heavy atom. The molecule has 6 heteroatoms. The monoisotopic (exact) mass is 303 g/mol. The first-order valence-electron chi connectivity index (χ1n) is 7.61. The van der Waals surface area contributed by atoms with Crippen molar-refractivity contribution >= 4 is 16.9 Å². The average molecular weight is 303 g/mol. The van der Waals surface area contributed by atoms with Crippen LogP contribution in [0.4, 0.5) is 0 Å². The third-order valence-electron chi connectivity index (χ3n) is 3.88. The van der Waals surface area contributed by atoms with Gasteiger partial charge >= 0.3 is 0 Å². The molecule has 1 amide bonds. The van der Waals surface area contributed by atoms with E-state index < -0.39 is 0 Å². The Morgan fingerprint density at radius 1 is 1.59 bits per heavy atom. The lowest BCUT2D eigenvalue weighted by molar-refractivity contribution is -0.121. The summed E-state index contributed by atoms with van der Waals surface area (Å²) in [6.45, 7) is 2.05. The summed E-state index contributed by atoms with van der Waals surface area (Å²) in [6.07, 6.45) is 3.85. The number of hydrogen-bond donors (Lipinski definition) is 1. The highest BCUT2D eigenvalue weighted by molar-refractivity contribution is 5.82. The largest absolute Gasteiger partial charge is 0.383 e. The fourth-order valence-electron chi connectivity index (χ4n) is 2.84. The Labute approximate surface area is 129 Å². The third kappa shape index (κ3) is 3.13. The number of fused-ring (bicyclic) bond motifs is 1. The smallest absolute Gasteiger partial charge is 0.240 e. The van der Waals surface area contributed by atoms with E-state index in [1.54, 1.807) is 13.3 Å². The lowest BCUT2D eigenvalue weighted by Crippen LogP contribution is -2.31. The molecule has 1 fully saturated rings. The van der Waals surface area contributed by atoms with Crippen LogP contribution >= 0.6 is 0 Å². The zero-order chi connectivity index (χ0) is 15.4. The van der Waals surface area contributed by atoms with Crippen molar-refractivity contribution in [3.05, 3.63) is 30.1 Å². The van der Waals surface area contributed by atoms with Crippen molar-refractivity contribution in [2.75, 3.05) is 26.9 Å². The summed E-state index contributed by atoms with van der Waals surface area (Å²) in [6, 6.07) is 6.01. The number of rotatable bonds is 6. The van der Waals surface area contributed by atoms with E-state index in [2.05, 4.69) is 16.4 Å². The van der Waals surface area contributed by atoms with Gasteiger partial charge in [0.1, 0.15) is 12.2 Å². The van der Waals surface area contributed by atoms with Gasteiger partial charge in [0.2, 0.25) is 5.91 Å². The SMILES string of the molecule is COCCNC(=O)Cn1c([C@@H]2CCCO2)cc2cccnc21. The predicted molar refractivity (Wildman–Crippen MR) is 82.5 cm³/mol. The maximum absolute atomic E-state index is 12.1. The van der Waals surface area contributed by atoms with Gasteiger partial charge in [0, 0.05) is 37.5 Å². The van der Waals surface area contributed by atoms with E-state index in [1.807, 2.05) is 16.7 Å². The van der Waals surface area contributed by atoms with E-state index in [0.29, 0.717) is 13.2 Å². The molecule has 0 saturated carbocycles. The van der Waals surface area contributed by atoms with Crippen LogP contribution in [-0.4, -0.2) is 42.3 Å². The second-order valence-electron chi connectivity index (χ2n) is 5.42. The maximum Gasteiger partial charge on any atom is 0.240 e. The Bertz CT molecular complexity index is 647. The molecule has 0 radical (unpaired) electrons. The Balaban J connectivity index is 1.85. The first-order chi connectivity index (χ1) is 10.8. The first-order valence-corrected chi connectivity index (χ1v) is 7.61. The van der Waals surface area contributed by atoms with Crippen LogP contribution in [0.2, 0.25) is 0 Å². The summed E-state index contributed by atoms with van der Waals surface area (Å²) in [5.74, 6) is -0.0422. The van der Waals surface area contributed by atoms with E-state index in [9.17, 15) is 4.79 Å². The number of carbonyl (C=O) groups excluding carboxylic acids is 1. The molecule has 2 aromatic heterocycles. The van der Waals surface area contributed by atoms with Crippen LogP contribution in [0.5, 0.6) is 0 Å². The van der Waals surface area contributed by atoms with Crippen molar-refractivity contribution in [2.45, 2.75) is 25.5 Å². The summed E-state index contributed by atoms with van der Waals surface area (Å²) >= 11 is 0. The minimum atomic E-state index is -0.0422. The zero-order valence-corrected chi connectivity index (χ0v) is 12.7. The minimum Gasteiger partial charge on any atom is -0.383 e. The fourth-order valence-corrected chi connectivity index (χ4v) is 2.84. The normalized spacial score (nSPS) is 18.0. The zero-order valence-electron chi connectivity index (χ0n) is 12.7. The van der Waals surface area contributed by atoms with Crippen LogP contribution in [0.1, 0.15) is 24.6 Å². The quantitative estimate of drug-likeness (QED) is 0.824. The average Bonchev–Trinajstić information content (AvgIpc) is 3.16. The van der Waals surface area contributed by atoms with Crippen LogP contribution in [0, 0.1) is 0 Å². The highest BCUT2D eigenvalue weighted by Crippen LogP contribution is 2.32. The van der Waals surface area contributed by atoms with Gasteiger partial charge in [-0.15, -0.1) is 0 Å². The van der Waals surface area contributed by atoms with Gasteiger partial charge in [0.15, 0.2) is 0 Å². The van der Waals surface area contributed by atoms with Crippen molar-refractivity contribution < 1.29 is 14.3 Å². The number of pyridine rings is 1. The molecule has 1 atom stereocenters. The molecule has 1 aliphatic heterocycles. The number of methoxy groups -OCH3 is 1. The van der Waals surface area contributed by atoms with Gasteiger partial charge in [-0.1, -0.05) is 0 Å². The number of nitrogens with one attached hydrogen (secondary N) is 1. The van der Waals surface area contributed by atoms with E-state index in [4.69, 9.17) is 9.47 Å². The lowest BCUT2D eigenvalue weighted by Gasteiger charge is -2.14. The van der Waals surface area contributed by atoms with Crippen LogP contribution in [0.3, 0.4) is 0 Å². The maximum atomic E-state index is 12.1. The molecule has 22 heavy (non-hydrogen) atoms. The topological polar surface area (TPSA) is 65.4 Å². The number of amides is 1. The van der Waals surface area contributed by atoms with Crippen LogP contribution in [0.15, 0.2) is 24.4 Å². The fraction of sp³-hybridized carbons (Fsp3) is 0.500. The number of nitrogens with zero attached hydrogens (tertiary/aromatic N) is 2. The molecule has 6 nitrogen and oxygen atoms in total. The summed E-state index contributed by atoms with van der Waals surface area (Å²) < 4.78 is 12.7. The van der Waals surface area contributed by atoms with Crippen molar-refractivity contribution in [2.24, 2.45) is 0 Å². The van der Waals surface area contributed by atoms with Gasteiger partial charge in [-0.05, 0) is 31.0 Å². The van der Waals surface area contributed by atoms with Gasteiger partial charge in [-0.3, -0.25) is 4.79 Å². The molecule has 118 valence electrons. The van der Waals surface area contributed by atoms with Gasteiger partial charge < -0.3 is 19.4 Å². The van der Waals surface area contributed by atoms with Crippen molar-refractivity contribution in [1.82, 2.24) is 14.9 Å². The van der Waals surface area contributed by atoms with E-state index in [-0.39, 0.29) is 18.6 Å². The molecule has 1 N–H and O–H groups in total. The molecule has 0 bridgehead atoms. The summed E-state index contributed by atoms with van der Waals surface area (Å²) in [5.41, 5.74) is 1.86. The van der Waals surface area contributed by atoms with Crippen molar-refractivity contribution in [3.8, 4) is 0 Å². The van der Waals surface area contributed by atoms with Crippen LogP contribution in [-0.2, 0) is 20.8 Å². The van der Waals surface area contributed by atoms with E-state index >= 15 is 0 Å². The standard InChI is InChI=1S/C16H21N3O3/c1-21-9-7-17-15(20)11-19-13(14-5-3-8-22-14)10-12-4-2-6-18-16(12)19/h2,4,6,10,14H,3,5,7-9,11H2,1H3,(H,17,20)/t14-/m0/s1. The molecule has 0 spiro atoms. The molecule has 1 saturated heterocycles. The molecular formula is C16H21N3O3. The van der Waals surface area contributed by atoms with E-state index in [1.165, 1.54) is 0 Å². The van der Waals surface area contributed by atoms with Crippen molar-refractivity contribution in [3.63, 3.8) is 0 Å². The molecule has 1 aliphatic rings. The molecule has 2 aromatic rings. The molecule has 0 unspecified atom stereocenters. The summed E-state index contributed by atoms with van der Waals surface area (Å²) in [5, 5.41) is 3.89. The second-order valence-corrected chi connectivity index (χ2v) is 5.42. The number of carbonyl (C=O) groups is 1. The minimum absolute atomic E-state index is 0.0422. The Kier molecular flexibility index (Phi) is 4.70. The second kappa shape index (κ2) is 6.89. The van der Waals surface area contributed by atoms with E-state index in [0.717, 1.165) is 36.2 Å². The van der Waals surface area contributed by atoms with Gasteiger partial charge in [0.05, 0.1) is 12.7 Å². The van der Waals surface area contributed by atoms with Gasteiger partial charge in [0.25, 0.3) is 0 Å². The summed E-state index contributed by atoms with van der Waals surface area (Å²) in [4.78, 5) is 16.6. The lowest BCUT2D eigenvalue weighted by atomic mass is 10.2. The third-order valence-corrected chi connectivity index (χ3v) is 3.88. The molecule has 0 aromatic carbocycles. The predicted octanol–water partition coefficient (Wildman–Crippen LogP) is 1.65. The number of hydrogen-bond acceptors (Lipinski definition) is 4.